The van der Waals surface area contributed by atoms with Crippen LogP contribution in [0.1, 0.15) is 96.7 Å². The van der Waals surface area contributed by atoms with Gasteiger partial charge in [0.05, 0.1) is 36.0 Å². The van der Waals surface area contributed by atoms with Crippen molar-refractivity contribution >= 4 is 27.6 Å². The van der Waals surface area contributed by atoms with Crippen LogP contribution in [0.5, 0.6) is 0 Å². The molecule has 49 heavy (non-hydrogen) atoms. The first kappa shape index (κ1) is 40.3. The molecular weight excluding hydrogens is 646 g/mol. The average Bonchev–Trinajstić information content (AvgIpc) is 3.56. The van der Waals surface area contributed by atoms with Crippen LogP contribution in [-0.4, -0.2) is 82.8 Å². The first-order valence-corrected chi connectivity index (χ1v) is 19.3. The van der Waals surface area contributed by atoms with Crippen LogP contribution >= 0.6 is 0 Å². The number of aliphatic hydroxyl groups excluding tert-OH is 2. The lowest BCUT2D eigenvalue weighted by Gasteiger charge is -2.32. The summed E-state index contributed by atoms with van der Waals surface area (Å²) in [6.07, 6.45) is 7.05. The number of sulfonamides is 1. The second-order valence-electron chi connectivity index (χ2n) is 14.6. The molecule has 0 bridgehead atoms. The molecule has 0 radical (unpaired) electrons. The third kappa shape index (κ3) is 14.3. The fourth-order valence-corrected chi connectivity index (χ4v) is 7.39. The zero-order valence-electron chi connectivity index (χ0n) is 29.5. The van der Waals surface area contributed by atoms with E-state index < -0.39 is 57.5 Å². The van der Waals surface area contributed by atoms with Crippen LogP contribution in [-0.2, 0) is 37.2 Å². The second kappa shape index (κ2) is 19.3. The smallest absolute Gasteiger partial charge is 0.243 e. The summed E-state index contributed by atoms with van der Waals surface area (Å²) in [6.45, 7) is 6.94. The molecule has 1 unspecified atom stereocenters. The molecule has 2 aromatic rings. The van der Waals surface area contributed by atoms with Gasteiger partial charge in [0.25, 0.3) is 0 Å². The van der Waals surface area contributed by atoms with Crippen LogP contribution in [0, 0.1) is 17.3 Å². The lowest BCUT2D eigenvalue weighted by molar-refractivity contribution is -0.135. The molecule has 1 aromatic heterocycles. The molecule has 3 rings (SSSR count). The Balaban J connectivity index is 1.81. The number of carbonyl (C=O) groups excluding carboxylic acids is 3. The third-order valence-electron chi connectivity index (χ3n) is 9.19. The predicted octanol–water partition coefficient (Wildman–Crippen LogP) is 3.20. The maximum absolute atomic E-state index is 14.0. The Labute approximate surface area is 291 Å². The van der Waals surface area contributed by atoms with E-state index in [2.05, 4.69) is 25.3 Å². The molecule has 1 aliphatic carbocycles. The summed E-state index contributed by atoms with van der Waals surface area (Å²) in [7, 11) is -3.55. The summed E-state index contributed by atoms with van der Waals surface area (Å²) in [6, 6.07) is 7.61. The molecule has 274 valence electrons. The maximum atomic E-state index is 14.0. The van der Waals surface area contributed by atoms with Crippen molar-refractivity contribution in [1.82, 2.24) is 25.3 Å². The second-order valence-corrected chi connectivity index (χ2v) is 16.5. The number of nitrogens with one attached hydrogen (secondary N) is 4. The summed E-state index contributed by atoms with van der Waals surface area (Å²) in [5.74, 6) is -1.55. The Morgan fingerprint density at radius 3 is 2.31 bits per heavy atom. The van der Waals surface area contributed by atoms with E-state index in [0.29, 0.717) is 25.0 Å². The van der Waals surface area contributed by atoms with E-state index in [4.69, 9.17) is 0 Å². The van der Waals surface area contributed by atoms with Crippen molar-refractivity contribution in [3.8, 4) is 0 Å². The molecule has 12 nitrogen and oxygen atoms in total. The number of aliphatic hydroxyl groups is 2. The number of rotatable bonds is 20. The van der Waals surface area contributed by atoms with Gasteiger partial charge in [-0.1, -0.05) is 90.1 Å². The van der Waals surface area contributed by atoms with Gasteiger partial charge < -0.3 is 25.8 Å². The van der Waals surface area contributed by atoms with Crippen molar-refractivity contribution in [2.75, 3.05) is 12.3 Å². The van der Waals surface area contributed by atoms with Gasteiger partial charge in [-0.05, 0) is 30.7 Å². The Morgan fingerprint density at radius 1 is 1.00 bits per heavy atom. The highest BCUT2D eigenvalue weighted by atomic mass is 32.2. The Bertz CT molecular complexity index is 1410. The highest BCUT2D eigenvalue weighted by molar-refractivity contribution is 7.89. The van der Waals surface area contributed by atoms with Crippen molar-refractivity contribution in [1.29, 1.82) is 0 Å². The number of benzene rings is 1. The number of hydrogen-bond donors (Lipinski definition) is 6. The van der Waals surface area contributed by atoms with E-state index in [1.54, 1.807) is 13.1 Å². The number of imidazole rings is 1. The SMILES string of the molecule is CCCS(=O)(=O)NC[C@@H](O)C[C@H](O)[C@H](CC1CCCCC1)NC(=O)[C@H](Cc1c[nH]cn1)NC(=O)C(CC(=O)C(C)(C)C)Cc1ccccc1. The molecule has 0 spiro atoms. The molecule has 1 saturated carbocycles. The molecule has 13 heteroatoms. The van der Waals surface area contributed by atoms with Gasteiger partial charge in [-0.3, -0.25) is 14.4 Å². The van der Waals surface area contributed by atoms with Crippen molar-refractivity contribution in [2.45, 2.75) is 123 Å². The minimum Gasteiger partial charge on any atom is -0.392 e. The highest BCUT2D eigenvalue weighted by Crippen LogP contribution is 2.29. The monoisotopic (exact) mass is 703 g/mol. The molecule has 1 aliphatic rings. The predicted molar refractivity (Wildman–Crippen MR) is 189 cm³/mol. The zero-order chi connectivity index (χ0) is 36.0. The van der Waals surface area contributed by atoms with E-state index in [-0.39, 0.29) is 43.3 Å². The van der Waals surface area contributed by atoms with Crippen LogP contribution in [0.2, 0.25) is 0 Å². The highest BCUT2D eigenvalue weighted by Gasteiger charge is 2.34. The molecule has 1 fully saturated rings. The number of H-pyrrole nitrogens is 1. The van der Waals surface area contributed by atoms with E-state index in [9.17, 15) is 33.0 Å². The molecule has 0 aliphatic heterocycles. The quantitative estimate of drug-likeness (QED) is 0.121. The number of ketones is 1. The molecule has 5 atom stereocenters. The summed E-state index contributed by atoms with van der Waals surface area (Å²) in [5, 5.41) is 27.9. The fourth-order valence-electron chi connectivity index (χ4n) is 6.26. The van der Waals surface area contributed by atoms with Crippen molar-refractivity contribution in [3.63, 3.8) is 0 Å². The van der Waals surface area contributed by atoms with Crippen molar-refractivity contribution in [3.05, 3.63) is 54.1 Å². The molecule has 0 saturated heterocycles. The van der Waals surface area contributed by atoms with Gasteiger partial charge in [0.1, 0.15) is 11.8 Å². The molecular formula is C36H57N5O7S. The number of amides is 2. The lowest BCUT2D eigenvalue weighted by atomic mass is 9.82. The van der Waals surface area contributed by atoms with Crippen molar-refractivity contribution < 1.29 is 33.0 Å². The van der Waals surface area contributed by atoms with Crippen LogP contribution < -0.4 is 15.4 Å². The first-order chi connectivity index (χ1) is 23.2. The van der Waals surface area contributed by atoms with E-state index >= 15 is 0 Å². The van der Waals surface area contributed by atoms with Gasteiger partial charge in [-0.25, -0.2) is 18.1 Å². The van der Waals surface area contributed by atoms with Crippen LogP contribution in [0.3, 0.4) is 0 Å². The summed E-state index contributed by atoms with van der Waals surface area (Å²) >= 11 is 0. The molecule has 6 N–H and O–H groups in total. The summed E-state index contributed by atoms with van der Waals surface area (Å²) in [4.78, 5) is 48.2. The van der Waals surface area contributed by atoms with Crippen LogP contribution in [0.15, 0.2) is 42.9 Å². The average molecular weight is 704 g/mol. The largest absolute Gasteiger partial charge is 0.392 e. The standard InChI is InChI=1S/C36H57N5O7S/c1-5-16-49(47,48)39-23-29(42)21-32(43)30(18-26-14-10-7-11-15-26)40-35(46)31(20-28-22-37-24-38-28)41-34(45)27(19-33(44)36(2,3)4)17-25-12-8-6-9-13-25/h6,8-9,12-13,22,24,26-27,29-32,39,42-43H,5,7,10-11,14-21,23H2,1-4H3,(H,37,38)(H,40,46)(H,41,45)/t27?,29-,30-,31-,32-/m0/s1. The third-order valence-corrected chi connectivity index (χ3v) is 10.7. The minimum absolute atomic E-state index is 0.00386. The van der Waals surface area contributed by atoms with E-state index in [1.165, 1.54) is 6.33 Å². The first-order valence-electron chi connectivity index (χ1n) is 17.7. The topological polar surface area (TPSA) is 191 Å². The normalized spacial score (nSPS) is 17.4. The number of hydrogen-bond acceptors (Lipinski definition) is 8. The zero-order valence-corrected chi connectivity index (χ0v) is 30.3. The van der Waals surface area contributed by atoms with Crippen LogP contribution in [0.25, 0.3) is 0 Å². The van der Waals surface area contributed by atoms with Gasteiger partial charge in [-0.2, -0.15) is 0 Å². The minimum atomic E-state index is -3.55. The summed E-state index contributed by atoms with van der Waals surface area (Å²) < 4.78 is 26.6. The Morgan fingerprint density at radius 2 is 1.69 bits per heavy atom. The maximum Gasteiger partial charge on any atom is 0.243 e. The number of carbonyl (C=O) groups is 3. The number of nitrogens with zero attached hydrogens (tertiary/aromatic N) is 1. The molecule has 1 aromatic carbocycles. The van der Waals surface area contributed by atoms with Crippen molar-refractivity contribution in [2.24, 2.45) is 17.3 Å². The lowest BCUT2D eigenvalue weighted by Crippen LogP contribution is -2.55. The Kier molecular flexibility index (Phi) is 15.9. The van der Waals surface area contributed by atoms with Gasteiger partial charge in [0.15, 0.2) is 0 Å². The van der Waals surface area contributed by atoms with Gasteiger partial charge in [-0.15, -0.1) is 0 Å². The van der Waals surface area contributed by atoms with Gasteiger partial charge in [0, 0.05) is 43.3 Å². The van der Waals surface area contributed by atoms with E-state index in [0.717, 1.165) is 37.7 Å². The Hall–Kier alpha value is -3.13. The molecule has 2 amide bonds. The van der Waals surface area contributed by atoms with Crippen LogP contribution in [0.4, 0.5) is 0 Å². The number of aromatic amines is 1. The fraction of sp³-hybridized carbons (Fsp3) is 0.667. The summed E-state index contributed by atoms with van der Waals surface area (Å²) in [5.41, 5.74) is 0.790. The van der Waals surface area contributed by atoms with E-state index in [1.807, 2.05) is 51.1 Å². The number of Topliss-reactive ketones (excluding diaryl/α,β-unsaturated/α-hetero) is 1. The van der Waals surface area contributed by atoms with Gasteiger partial charge >= 0.3 is 0 Å². The molecule has 1 heterocycles. The van der Waals surface area contributed by atoms with Gasteiger partial charge in [0.2, 0.25) is 21.8 Å². The number of aromatic nitrogens is 2.